The van der Waals surface area contributed by atoms with E-state index < -0.39 is 0 Å². The van der Waals surface area contributed by atoms with Gasteiger partial charge in [-0.25, -0.2) is 4.39 Å². The Kier molecular flexibility index (Phi) is 6.83. The standard InChI is InChI=1S/C16H19BrFNOS/c1-20-9-8-19-11-12(10-13-6-7-16(17)21-13)14-4-2-3-5-15(14)18/h2-7,12,19H,8-11H2,1H3. The molecule has 0 saturated carbocycles. The topological polar surface area (TPSA) is 21.3 Å². The fourth-order valence-electron chi connectivity index (χ4n) is 2.25. The van der Waals surface area contributed by atoms with E-state index in [2.05, 4.69) is 27.3 Å². The highest BCUT2D eigenvalue weighted by atomic mass is 79.9. The van der Waals surface area contributed by atoms with Crippen LogP contribution in [0, 0.1) is 5.82 Å². The molecule has 2 nitrogen and oxygen atoms in total. The molecule has 21 heavy (non-hydrogen) atoms. The molecular weight excluding hydrogens is 353 g/mol. The van der Waals surface area contributed by atoms with E-state index in [0.717, 1.165) is 28.9 Å². The fourth-order valence-corrected chi connectivity index (χ4v) is 3.82. The summed E-state index contributed by atoms with van der Waals surface area (Å²) >= 11 is 5.18. The van der Waals surface area contributed by atoms with Crippen molar-refractivity contribution in [2.24, 2.45) is 0 Å². The SMILES string of the molecule is COCCNCC(Cc1ccc(Br)s1)c1ccccc1F. The van der Waals surface area contributed by atoms with E-state index >= 15 is 0 Å². The number of methoxy groups -OCH3 is 1. The van der Waals surface area contributed by atoms with Crippen LogP contribution in [-0.4, -0.2) is 26.8 Å². The Morgan fingerprint density at radius 2 is 2.10 bits per heavy atom. The first-order valence-electron chi connectivity index (χ1n) is 6.89. The Morgan fingerprint density at radius 3 is 2.76 bits per heavy atom. The first-order valence-corrected chi connectivity index (χ1v) is 8.50. The van der Waals surface area contributed by atoms with Gasteiger partial charge in [0.2, 0.25) is 0 Å². The van der Waals surface area contributed by atoms with Gasteiger partial charge in [0, 0.05) is 31.0 Å². The van der Waals surface area contributed by atoms with E-state index in [-0.39, 0.29) is 11.7 Å². The van der Waals surface area contributed by atoms with Crippen LogP contribution in [0.4, 0.5) is 4.39 Å². The lowest BCUT2D eigenvalue weighted by Crippen LogP contribution is -2.26. The van der Waals surface area contributed by atoms with Gasteiger partial charge >= 0.3 is 0 Å². The molecule has 0 saturated heterocycles. The number of rotatable bonds is 8. The minimum absolute atomic E-state index is 0.119. The molecule has 1 unspecified atom stereocenters. The zero-order chi connectivity index (χ0) is 15.1. The van der Waals surface area contributed by atoms with Crippen molar-refractivity contribution in [2.75, 3.05) is 26.8 Å². The summed E-state index contributed by atoms with van der Waals surface area (Å²) in [5, 5.41) is 3.34. The third-order valence-electron chi connectivity index (χ3n) is 3.30. The molecule has 114 valence electrons. The van der Waals surface area contributed by atoms with E-state index in [0.29, 0.717) is 6.61 Å². The summed E-state index contributed by atoms with van der Waals surface area (Å²) in [4.78, 5) is 1.25. The Bertz CT molecular complexity index is 561. The lowest BCUT2D eigenvalue weighted by Gasteiger charge is -2.18. The monoisotopic (exact) mass is 371 g/mol. The summed E-state index contributed by atoms with van der Waals surface area (Å²) in [7, 11) is 1.68. The zero-order valence-electron chi connectivity index (χ0n) is 11.9. The van der Waals surface area contributed by atoms with Crippen molar-refractivity contribution in [3.8, 4) is 0 Å². The van der Waals surface area contributed by atoms with Gasteiger partial charge in [-0.3, -0.25) is 0 Å². The van der Waals surface area contributed by atoms with Crippen LogP contribution in [0.25, 0.3) is 0 Å². The molecule has 1 atom stereocenters. The van der Waals surface area contributed by atoms with Crippen LogP contribution >= 0.6 is 27.3 Å². The largest absolute Gasteiger partial charge is 0.383 e. The Hall–Kier alpha value is -0.750. The maximum atomic E-state index is 14.1. The number of halogens is 2. The molecule has 1 heterocycles. The average molecular weight is 372 g/mol. The van der Waals surface area contributed by atoms with E-state index in [1.54, 1.807) is 24.5 Å². The van der Waals surface area contributed by atoms with Gasteiger partial charge < -0.3 is 10.1 Å². The second-order valence-corrected chi connectivity index (χ2v) is 7.37. The van der Waals surface area contributed by atoms with Crippen LogP contribution < -0.4 is 5.32 Å². The summed E-state index contributed by atoms with van der Waals surface area (Å²) in [6, 6.07) is 11.2. The molecule has 2 aromatic rings. The minimum atomic E-state index is -0.133. The molecule has 0 aliphatic rings. The van der Waals surface area contributed by atoms with Gasteiger partial charge in [-0.1, -0.05) is 18.2 Å². The highest BCUT2D eigenvalue weighted by molar-refractivity contribution is 9.11. The molecule has 1 N–H and O–H groups in total. The number of hydrogen-bond acceptors (Lipinski definition) is 3. The number of nitrogens with one attached hydrogen (secondary N) is 1. The highest BCUT2D eigenvalue weighted by Gasteiger charge is 2.16. The molecule has 0 aliphatic heterocycles. The Labute approximate surface area is 137 Å². The first-order chi connectivity index (χ1) is 10.2. The molecule has 0 fully saturated rings. The maximum absolute atomic E-state index is 14.1. The van der Waals surface area contributed by atoms with Crippen molar-refractivity contribution in [1.29, 1.82) is 0 Å². The predicted octanol–water partition coefficient (Wildman–Crippen LogP) is 4.21. The molecule has 1 aromatic carbocycles. The predicted molar refractivity (Wildman–Crippen MR) is 89.6 cm³/mol. The van der Waals surface area contributed by atoms with Crippen LogP contribution in [0.3, 0.4) is 0 Å². The van der Waals surface area contributed by atoms with E-state index in [4.69, 9.17) is 4.74 Å². The van der Waals surface area contributed by atoms with Crippen molar-refractivity contribution >= 4 is 27.3 Å². The van der Waals surface area contributed by atoms with Crippen molar-refractivity contribution < 1.29 is 9.13 Å². The van der Waals surface area contributed by atoms with Crippen molar-refractivity contribution in [3.63, 3.8) is 0 Å². The molecule has 0 aliphatic carbocycles. The van der Waals surface area contributed by atoms with Gasteiger partial charge in [0.25, 0.3) is 0 Å². The lowest BCUT2D eigenvalue weighted by atomic mass is 9.94. The third-order valence-corrected chi connectivity index (χ3v) is 4.94. The summed E-state index contributed by atoms with van der Waals surface area (Å²) in [6.07, 6.45) is 0.831. The second-order valence-electron chi connectivity index (χ2n) is 4.83. The van der Waals surface area contributed by atoms with Gasteiger partial charge in [0.05, 0.1) is 10.4 Å². The molecular formula is C16H19BrFNOS. The summed E-state index contributed by atoms with van der Waals surface area (Å²) in [6.45, 7) is 2.17. The molecule has 0 amide bonds. The van der Waals surface area contributed by atoms with Crippen LogP contribution in [0.1, 0.15) is 16.4 Å². The Morgan fingerprint density at radius 1 is 1.29 bits per heavy atom. The van der Waals surface area contributed by atoms with E-state index in [9.17, 15) is 4.39 Å². The Balaban J connectivity index is 2.08. The summed E-state index contributed by atoms with van der Waals surface area (Å²) in [5.41, 5.74) is 0.770. The number of benzene rings is 1. The van der Waals surface area contributed by atoms with Gasteiger partial charge in [-0.15, -0.1) is 11.3 Å². The molecule has 0 spiro atoms. The third kappa shape index (κ3) is 5.18. The molecule has 2 rings (SSSR count). The van der Waals surface area contributed by atoms with Gasteiger partial charge in [0.15, 0.2) is 0 Å². The smallest absolute Gasteiger partial charge is 0.126 e. The minimum Gasteiger partial charge on any atom is -0.383 e. The molecule has 0 bridgehead atoms. The molecule has 5 heteroatoms. The highest BCUT2D eigenvalue weighted by Crippen LogP contribution is 2.29. The van der Waals surface area contributed by atoms with Crippen molar-refractivity contribution in [1.82, 2.24) is 5.32 Å². The maximum Gasteiger partial charge on any atom is 0.126 e. The quantitative estimate of drug-likeness (QED) is 0.701. The number of thiophene rings is 1. The molecule has 1 aromatic heterocycles. The zero-order valence-corrected chi connectivity index (χ0v) is 14.3. The average Bonchev–Trinajstić information content (AvgIpc) is 2.88. The molecule has 0 radical (unpaired) electrons. The normalized spacial score (nSPS) is 12.5. The van der Waals surface area contributed by atoms with Crippen LogP contribution in [0.15, 0.2) is 40.2 Å². The van der Waals surface area contributed by atoms with Crippen LogP contribution in [0.5, 0.6) is 0 Å². The first kappa shape index (κ1) is 16.6. The van der Waals surface area contributed by atoms with E-state index in [1.807, 2.05) is 18.2 Å². The van der Waals surface area contributed by atoms with Crippen LogP contribution in [0.2, 0.25) is 0 Å². The van der Waals surface area contributed by atoms with Crippen LogP contribution in [-0.2, 0) is 11.2 Å². The van der Waals surface area contributed by atoms with Gasteiger partial charge in [-0.2, -0.15) is 0 Å². The van der Waals surface area contributed by atoms with Crippen molar-refractivity contribution in [3.05, 3.63) is 56.4 Å². The summed E-state index contributed by atoms with van der Waals surface area (Å²) in [5.74, 6) is -0.0136. The van der Waals surface area contributed by atoms with Gasteiger partial charge in [-0.05, 0) is 46.1 Å². The summed E-state index contributed by atoms with van der Waals surface area (Å²) < 4.78 is 20.2. The van der Waals surface area contributed by atoms with Crippen molar-refractivity contribution in [2.45, 2.75) is 12.3 Å². The van der Waals surface area contributed by atoms with Gasteiger partial charge in [0.1, 0.15) is 5.82 Å². The number of hydrogen-bond donors (Lipinski definition) is 1. The lowest BCUT2D eigenvalue weighted by molar-refractivity contribution is 0.199. The fraction of sp³-hybridized carbons (Fsp3) is 0.375. The second kappa shape index (κ2) is 8.63. The number of ether oxygens (including phenoxy) is 1. The van der Waals surface area contributed by atoms with E-state index in [1.165, 1.54) is 10.9 Å².